The summed E-state index contributed by atoms with van der Waals surface area (Å²) in [5, 5.41) is 20.3. The molecule has 2 aromatic carbocycles. The minimum Gasteiger partial charge on any atom is -0.868 e. The number of rotatable bonds is 8. The van der Waals surface area contributed by atoms with E-state index in [0.717, 1.165) is 31.9 Å². The fourth-order valence-corrected chi connectivity index (χ4v) is 5.63. The molecular weight excluding hydrogens is 1310 g/mol. The van der Waals surface area contributed by atoms with Crippen LogP contribution in [0.3, 0.4) is 0 Å². The molecule has 16 heteroatoms. The van der Waals surface area contributed by atoms with E-state index < -0.39 is 69.7 Å². The van der Waals surface area contributed by atoms with Crippen molar-refractivity contribution in [2.45, 2.75) is 147 Å². The largest absolute Gasteiger partial charge is 0.868 e. The molecule has 2 aromatic rings. The van der Waals surface area contributed by atoms with Crippen LogP contribution in [-0.4, -0.2) is 19.0 Å². The van der Waals surface area contributed by atoms with Gasteiger partial charge in [0, 0.05) is 70.7 Å². The second-order valence-electron chi connectivity index (χ2n) is 16.1. The van der Waals surface area contributed by atoms with E-state index in [2.05, 4.69) is 168 Å². The standard InChI is InChI=1S/2C11H15.2C9H13.2C6HF5O.2C2H7Si.2Hf/c2*1-2-3-4-5-8-11-9-6-7-10-11;2*1-6-5-7(2)9(4)8(6)3;2*7-1-2(8)4(10)6(12)5(11)3(1)9;2*1-3-2;;/h2*5-6,8-9H,2-4,7H2,1H3;2*6H,1-4H3;2*12H;2*3H,1-2H3;;/q4*-1;;;;;;/p-2/b2*8-5+;;;;;;;;. The van der Waals surface area contributed by atoms with Gasteiger partial charge in [0.2, 0.25) is 0 Å². The van der Waals surface area contributed by atoms with E-state index in [1.165, 1.54) is 83.1 Å². The normalized spacial score (nSPS) is 15.7. The third-order valence-electron chi connectivity index (χ3n) is 10.3. The molecule has 2 unspecified atom stereocenters. The Labute approximate surface area is 467 Å². The van der Waals surface area contributed by atoms with Gasteiger partial charge in [-0.15, -0.1) is 38.2 Å². The van der Waals surface area contributed by atoms with Gasteiger partial charge in [-0.2, -0.15) is 69.9 Å². The fraction of sp³-hybridized carbons (Fsp3) is 0.429. The van der Waals surface area contributed by atoms with Gasteiger partial charge in [0.15, 0.2) is 58.2 Å². The van der Waals surface area contributed by atoms with Gasteiger partial charge in [-0.1, -0.05) is 132 Å². The summed E-state index contributed by atoms with van der Waals surface area (Å²) in [4.78, 5) is 0. The Kier molecular flexibility index (Phi) is 44.2. The van der Waals surface area contributed by atoms with Crippen LogP contribution in [0.25, 0.3) is 0 Å². The van der Waals surface area contributed by atoms with Crippen LogP contribution in [0.5, 0.6) is 11.5 Å². The Morgan fingerprint density at radius 2 is 0.750 bits per heavy atom. The summed E-state index contributed by atoms with van der Waals surface area (Å²) in [6.07, 6.45) is 40.1. The van der Waals surface area contributed by atoms with E-state index in [4.69, 9.17) is 0 Å². The first-order chi connectivity index (χ1) is 32.9. The van der Waals surface area contributed by atoms with Gasteiger partial charge in [0.05, 0.1) is 0 Å². The van der Waals surface area contributed by atoms with E-state index in [0.29, 0.717) is 11.8 Å². The molecule has 0 aromatic heterocycles. The summed E-state index contributed by atoms with van der Waals surface area (Å²) in [5.41, 5.74) is 11.0. The average molecular weight is 1380 g/mol. The van der Waals surface area contributed by atoms with Gasteiger partial charge in [-0.25, -0.2) is 55.1 Å². The Hall–Kier alpha value is -3.09. The molecule has 2 atom stereocenters. The van der Waals surface area contributed by atoms with Crippen molar-refractivity contribution in [1.29, 1.82) is 0 Å². The van der Waals surface area contributed by atoms with Gasteiger partial charge in [-0.3, -0.25) is 12.2 Å². The monoisotopic (exact) mass is 1380 g/mol. The number of hydrogen-bond donors (Lipinski definition) is 0. The average Bonchev–Trinajstić information content (AvgIpc) is 4.16. The van der Waals surface area contributed by atoms with Crippen molar-refractivity contribution in [1.82, 2.24) is 0 Å². The Balaban J connectivity index is -0.000000375. The number of hydrogen-bond acceptors (Lipinski definition) is 2. The molecule has 0 amide bonds. The van der Waals surface area contributed by atoms with E-state index in [1.54, 1.807) is 0 Å². The predicted octanol–water partition coefficient (Wildman–Crippen LogP) is 16.2. The Bertz CT molecular complexity index is 1910. The minimum atomic E-state index is -2.33. The van der Waals surface area contributed by atoms with Crippen molar-refractivity contribution in [3.05, 3.63) is 176 Å². The van der Waals surface area contributed by atoms with E-state index in [1.807, 2.05) is 0 Å². The molecular formula is C56H70F10Hf2O2Si2-6. The smallest absolute Gasteiger partial charge is 0.200 e. The van der Waals surface area contributed by atoms with Gasteiger partial charge in [0.1, 0.15) is 0 Å². The van der Waals surface area contributed by atoms with Gasteiger partial charge >= 0.3 is 0 Å². The second-order valence-corrected chi connectivity index (χ2v) is 18.4. The predicted molar refractivity (Wildman–Crippen MR) is 267 cm³/mol. The number of allylic oxidation sites excluding steroid dienone is 20. The minimum absolute atomic E-state index is 0. The van der Waals surface area contributed by atoms with E-state index in [-0.39, 0.29) is 51.7 Å². The molecule has 4 aliphatic rings. The van der Waals surface area contributed by atoms with Crippen LogP contribution in [0, 0.1) is 94.3 Å². The first-order valence-electron chi connectivity index (χ1n) is 23.2. The number of unbranched alkanes of at least 4 members (excludes halogenated alkanes) is 4. The number of benzene rings is 2. The van der Waals surface area contributed by atoms with E-state index >= 15 is 0 Å². The quantitative estimate of drug-likeness (QED) is 0.0660. The van der Waals surface area contributed by atoms with Crippen LogP contribution in [0.4, 0.5) is 43.9 Å². The van der Waals surface area contributed by atoms with Crippen molar-refractivity contribution in [2.75, 3.05) is 0 Å². The molecule has 4 aliphatic carbocycles. The molecule has 0 bridgehead atoms. The molecule has 72 heavy (non-hydrogen) atoms. The van der Waals surface area contributed by atoms with Crippen molar-refractivity contribution < 1.29 is 106 Å². The summed E-state index contributed by atoms with van der Waals surface area (Å²) in [5.74, 6) is -26.0. The third-order valence-corrected chi connectivity index (χ3v) is 10.3. The summed E-state index contributed by atoms with van der Waals surface area (Å²) in [7, 11) is 1.50. The van der Waals surface area contributed by atoms with Crippen LogP contribution < -0.4 is 10.2 Å². The molecule has 2 nitrogen and oxygen atoms in total. The third kappa shape index (κ3) is 27.4. The topological polar surface area (TPSA) is 46.1 Å². The van der Waals surface area contributed by atoms with Crippen molar-refractivity contribution in [3.63, 3.8) is 0 Å². The summed E-state index contributed by atoms with van der Waals surface area (Å²) >= 11 is 0. The second kappa shape index (κ2) is 42.2. The summed E-state index contributed by atoms with van der Waals surface area (Å²) < 4.78 is 121. The van der Waals surface area contributed by atoms with Crippen LogP contribution in [0.2, 0.25) is 26.2 Å². The zero-order valence-corrected chi connectivity index (χ0v) is 53.7. The van der Waals surface area contributed by atoms with E-state index in [9.17, 15) is 54.1 Å². The zero-order valence-electron chi connectivity index (χ0n) is 44.2. The molecule has 0 saturated carbocycles. The molecule has 0 N–H and O–H groups in total. The molecule has 0 heterocycles. The number of halogens is 10. The van der Waals surface area contributed by atoms with Gasteiger partial charge < -0.3 is 10.2 Å². The maximum atomic E-state index is 12.1. The molecule has 0 saturated heterocycles. The molecule has 2 radical (unpaired) electrons. The SMILES string of the molecule is CC1=[C-]C(C)C(C)=C1C.CC1=[C-]C(C)C(C)=C1C.CCCC/C=C/C1=[C-]CC=C1.CCCC/C=C/C1=[C-]CC=C1.C[SiH]C.C[SiH]C.[Hf].[Hf].[O-]c1c(F)c(F)c(F)c(F)c1F.[O-]c1c(F)c(F)c(F)c(F)c1F. The molecule has 0 fully saturated rings. The Morgan fingerprint density at radius 1 is 0.500 bits per heavy atom. The first kappa shape index (κ1) is 75.4. The Morgan fingerprint density at radius 3 is 0.917 bits per heavy atom. The van der Waals surface area contributed by atoms with Gasteiger partial charge in [0.25, 0.3) is 0 Å². The van der Waals surface area contributed by atoms with Crippen LogP contribution in [-0.2, 0) is 51.7 Å². The van der Waals surface area contributed by atoms with Crippen molar-refractivity contribution in [2.24, 2.45) is 11.8 Å². The fourth-order valence-electron chi connectivity index (χ4n) is 5.63. The first-order valence-corrected chi connectivity index (χ1v) is 27.8. The van der Waals surface area contributed by atoms with Crippen LogP contribution >= 0.6 is 0 Å². The van der Waals surface area contributed by atoms with Crippen molar-refractivity contribution in [3.8, 4) is 11.5 Å². The maximum absolute atomic E-state index is 12.1. The molecule has 6 rings (SSSR count). The van der Waals surface area contributed by atoms with Gasteiger partial charge in [-0.05, 0) is 24.3 Å². The molecule has 0 aliphatic heterocycles. The van der Waals surface area contributed by atoms with Crippen LogP contribution in [0.15, 0.2) is 93.2 Å². The summed E-state index contributed by atoms with van der Waals surface area (Å²) in [6, 6.07) is 0. The van der Waals surface area contributed by atoms with Crippen molar-refractivity contribution >= 4 is 19.0 Å². The molecule has 398 valence electrons. The van der Waals surface area contributed by atoms with Crippen LogP contribution in [0.1, 0.15) is 121 Å². The summed E-state index contributed by atoms with van der Waals surface area (Å²) in [6.45, 7) is 30.6. The molecule has 0 spiro atoms. The maximum Gasteiger partial charge on any atom is 0.200 e. The zero-order chi connectivity index (χ0) is 54.3.